The van der Waals surface area contributed by atoms with Gasteiger partial charge in [-0.1, -0.05) is 53.5 Å². The third-order valence-corrected chi connectivity index (χ3v) is 8.33. The summed E-state index contributed by atoms with van der Waals surface area (Å²) < 4.78 is 28.4. The summed E-state index contributed by atoms with van der Waals surface area (Å²) in [6.07, 6.45) is 0. The lowest BCUT2D eigenvalue weighted by Gasteiger charge is -2.33. The van der Waals surface area contributed by atoms with E-state index in [0.717, 1.165) is 10.4 Å². The second-order valence-corrected chi connectivity index (χ2v) is 13.0. The minimum absolute atomic E-state index is 0.0901. The Morgan fingerprint density at radius 2 is 1.66 bits per heavy atom. The van der Waals surface area contributed by atoms with Gasteiger partial charge in [-0.2, -0.15) is 0 Å². The lowest BCUT2D eigenvalue weighted by atomic mass is 10.1. The van der Waals surface area contributed by atoms with Gasteiger partial charge in [0.2, 0.25) is 11.8 Å². The number of nitro groups is 1. The van der Waals surface area contributed by atoms with E-state index in [1.807, 2.05) is 0 Å². The number of non-ortho nitro benzene ring substituents is 1. The fraction of sp³-hybridized carbons (Fsp3) is 0.286. The number of nitrogens with one attached hydrogen (secondary N) is 1. The highest BCUT2D eigenvalue weighted by atomic mass is 35.5. The van der Waals surface area contributed by atoms with E-state index in [-0.39, 0.29) is 27.8 Å². The molecule has 0 bridgehead atoms. The second-order valence-electron chi connectivity index (χ2n) is 10.3. The normalized spacial score (nSPS) is 12.3. The first-order chi connectivity index (χ1) is 19.1. The first kappa shape index (κ1) is 31.9. The van der Waals surface area contributed by atoms with Crippen LogP contribution in [0.25, 0.3) is 0 Å². The van der Waals surface area contributed by atoms with Crippen molar-refractivity contribution < 1.29 is 22.9 Å². The zero-order valence-electron chi connectivity index (χ0n) is 22.9. The minimum atomic E-state index is -4.37. The Morgan fingerprint density at radius 3 is 2.24 bits per heavy atom. The number of halogens is 2. The van der Waals surface area contributed by atoms with Gasteiger partial charge in [0.25, 0.3) is 15.7 Å². The molecular weight excluding hydrogens is 591 g/mol. The van der Waals surface area contributed by atoms with Gasteiger partial charge >= 0.3 is 0 Å². The third kappa shape index (κ3) is 8.18. The zero-order valence-corrected chi connectivity index (χ0v) is 25.2. The van der Waals surface area contributed by atoms with Crippen molar-refractivity contribution in [3.05, 3.63) is 98.5 Å². The highest BCUT2D eigenvalue weighted by Gasteiger charge is 2.34. The van der Waals surface area contributed by atoms with Gasteiger partial charge in [-0.05, 0) is 63.6 Å². The molecule has 0 aliphatic rings. The molecule has 0 fully saturated rings. The van der Waals surface area contributed by atoms with Crippen LogP contribution in [0.1, 0.15) is 33.3 Å². The zero-order chi connectivity index (χ0) is 30.5. The van der Waals surface area contributed by atoms with Gasteiger partial charge in [0.1, 0.15) is 12.6 Å². The van der Waals surface area contributed by atoms with Crippen LogP contribution in [-0.4, -0.2) is 48.2 Å². The van der Waals surface area contributed by atoms with Crippen molar-refractivity contribution in [1.29, 1.82) is 0 Å². The summed E-state index contributed by atoms with van der Waals surface area (Å²) in [6, 6.07) is 16.0. The average Bonchev–Trinajstić information content (AvgIpc) is 2.90. The molecule has 2 amide bonds. The van der Waals surface area contributed by atoms with Gasteiger partial charge in [0, 0.05) is 34.3 Å². The molecule has 0 radical (unpaired) electrons. The molecule has 0 saturated heterocycles. The van der Waals surface area contributed by atoms with E-state index < -0.39 is 44.9 Å². The molecule has 1 N–H and O–H groups in total. The monoisotopic (exact) mass is 620 g/mol. The number of amides is 2. The smallest absolute Gasteiger partial charge is 0.271 e. The number of hydrogen-bond donors (Lipinski definition) is 1. The Morgan fingerprint density at radius 1 is 1.00 bits per heavy atom. The maximum absolute atomic E-state index is 14.0. The topological polar surface area (TPSA) is 130 Å². The van der Waals surface area contributed by atoms with Crippen LogP contribution in [0.5, 0.6) is 0 Å². The molecule has 1 unspecified atom stereocenters. The second kappa shape index (κ2) is 12.9. The molecule has 0 heterocycles. The fourth-order valence-corrected chi connectivity index (χ4v) is 5.80. The molecule has 1 atom stereocenters. The first-order valence-electron chi connectivity index (χ1n) is 12.5. The average molecular weight is 622 g/mol. The number of rotatable bonds is 10. The number of benzene rings is 3. The summed E-state index contributed by atoms with van der Waals surface area (Å²) in [4.78, 5) is 39.0. The number of nitrogens with zero attached hydrogens (tertiary/aromatic N) is 3. The van der Waals surface area contributed by atoms with Crippen LogP contribution >= 0.6 is 23.2 Å². The molecule has 0 aliphatic carbocycles. The van der Waals surface area contributed by atoms with Crippen LogP contribution in [0.4, 0.5) is 11.4 Å². The van der Waals surface area contributed by atoms with Crippen molar-refractivity contribution in [3.8, 4) is 0 Å². The van der Waals surface area contributed by atoms with Gasteiger partial charge in [-0.25, -0.2) is 8.42 Å². The lowest BCUT2D eigenvalue weighted by molar-refractivity contribution is -0.384. The van der Waals surface area contributed by atoms with E-state index in [0.29, 0.717) is 10.6 Å². The Labute approximate surface area is 249 Å². The quantitative estimate of drug-likeness (QED) is 0.238. The molecule has 0 spiro atoms. The van der Waals surface area contributed by atoms with Crippen molar-refractivity contribution in [1.82, 2.24) is 10.2 Å². The van der Waals surface area contributed by atoms with Gasteiger partial charge in [-0.15, -0.1) is 0 Å². The van der Waals surface area contributed by atoms with Crippen LogP contribution in [0.2, 0.25) is 10.0 Å². The third-order valence-electron chi connectivity index (χ3n) is 5.96. The largest absolute Gasteiger partial charge is 0.350 e. The van der Waals surface area contributed by atoms with E-state index in [1.165, 1.54) is 60.4 Å². The van der Waals surface area contributed by atoms with Crippen molar-refractivity contribution in [3.63, 3.8) is 0 Å². The molecule has 0 aromatic heterocycles. The van der Waals surface area contributed by atoms with Crippen LogP contribution < -0.4 is 9.62 Å². The summed E-state index contributed by atoms with van der Waals surface area (Å²) in [5.41, 5.74) is -0.574. The molecular formula is C28H30Cl2N4O6S. The molecule has 0 aliphatic heterocycles. The fourth-order valence-electron chi connectivity index (χ4n) is 3.90. The predicted molar refractivity (Wildman–Crippen MR) is 158 cm³/mol. The van der Waals surface area contributed by atoms with Crippen molar-refractivity contribution >= 4 is 56.4 Å². The maximum atomic E-state index is 14.0. The number of hydrogen-bond acceptors (Lipinski definition) is 6. The minimum Gasteiger partial charge on any atom is -0.350 e. The standard InChI is InChI=1S/C28H30Cl2N4O6S/c1-19(27(36)31-28(2,3)4)32(17-20-13-14-21(29)15-25(20)30)26(35)18-33(22-9-8-10-23(16-22)34(37)38)41(39,40)24-11-6-5-7-12-24/h5-16,19H,17-18H2,1-4H3,(H,31,36). The molecule has 10 nitrogen and oxygen atoms in total. The van der Waals surface area contributed by atoms with Crippen LogP contribution in [0.3, 0.4) is 0 Å². The molecule has 3 aromatic rings. The van der Waals surface area contributed by atoms with Crippen LogP contribution in [-0.2, 0) is 26.2 Å². The van der Waals surface area contributed by atoms with E-state index in [4.69, 9.17) is 23.2 Å². The van der Waals surface area contributed by atoms with Gasteiger partial charge in [0.05, 0.1) is 15.5 Å². The first-order valence-corrected chi connectivity index (χ1v) is 14.7. The number of nitro benzene ring substituents is 1. The Kier molecular flexibility index (Phi) is 10.0. The molecule has 41 heavy (non-hydrogen) atoms. The Bertz CT molecular complexity index is 1540. The van der Waals surface area contributed by atoms with Crippen LogP contribution in [0, 0.1) is 10.1 Å². The molecule has 3 rings (SSSR count). The van der Waals surface area contributed by atoms with Gasteiger partial charge in [-0.3, -0.25) is 24.0 Å². The van der Waals surface area contributed by atoms with Crippen molar-refractivity contribution in [2.75, 3.05) is 10.8 Å². The number of anilines is 1. The SMILES string of the molecule is CC(C(=O)NC(C)(C)C)N(Cc1ccc(Cl)cc1Cl)C(=O)CN(c1cccc([N+](=O)[O-])c1)S(=O)(=O)c1ccccc1. The highest BCUT2D eigenvalue weighted by molar-refractivity contribution is 7.92. The summed E-state index contributed by atoms with van der Waals surface area (Å²) in [5, 5.41) is 14.9. The van der Waals surface area contributed by atoms with E-state index in [2.05, 4.69) is 5.32 Å². The molecule has 218 valence electrons. The Hall–Kier alpha value is -3.67. The van der Waals surface area contributed by atoms with Crippen LogP contribution in [0.15, 0.2) is 77.7 Å². The summed E-state index contributed by atoms with van der Waals surface area (Å²) in [7, 11) is -4.37. The van der Waals surface area contributed by atoms with E-state index >= 15 is 0 Å². The number of carbonyl (C=O) groups is 2. The van der Waals surface area contributed by atoms with Crippen molar-refractivity contribution in [2.24, 2.45) is 0 Å². The molecule has 13 heteroatoms. The van der Waals surface area contributed by atoms with Crippen molar-refractivity contribution in [2.45, 2.75) is 50.7 Å². The number of carbonyl (C=O) groups excluding carboxylic acids is 2. The van der Waals surface area contributed by atoms with Gasteiger partial charge < -0.3 is 10.2 Å². The molecule has 0 saturated carbocycles. The molecule has 3 aromatic carbocycles. The van der Waals surface area contributed by atoms with E-state index in [9.17, 15) is 28.1 Å². The summed E-state index contributed by atoms with van der Waals surface area (Å²) >= 11 is 12.4. The predicted octanol–water partition coefficient (Wildman–Crippen LogP) is 5.43. The number of sulfonamides is 1. The highest BCUT2D eigenvalue weighted by Crippen LogP contribution is 2.28. The summed E-state index contributed by atoms with van der Waals surface area (Å²) in [6.45, 7) is 5.99. The Balaban J connectivity index is 2.09. The summed E-state index contributed by atoms with van der Waals surface area (Å²) in [5.74, 6) is -1.21. The maximum Gasteiger partial charge on any atom is 0.271 e. The lowest BCUT2D eigenvalue weighted by Crippen LogP contribution is -2.54. The van der Waals surface area contributed by atoms with Gasteiger partial charge in [0.15, 0.2) is 0 Å². The van der Waals surface area contributed by atoms with E-state index in [1.54, 1.807) is 39.0 Å².